The number of nitrogens with zero attached hydrogens (tertiary/aromatic N) is 6. The van der Waals surface area contributed by atoms with Crippen LogP contribution in [-0.2, 0) is 17.0 Å². The van der Waals surface area contributed by atoms with Crippen molar-refractivity contribution >= 4 is 29.0 Å². The highest BCUT2D eigenvalue weighted by atomic mass is 32.2. The van der Waals surface area contributed by atoms with E-state index in [-0.39, 0.29) is 6.10 Å². The Balaban J connectivity index is 1.32. The highest BCUT2D eigenvalue weighted by Gasteiger charge is 2.26. The molecule has 0 aliphatic carbocycles. The molecule has 1 atom stereocenters. The minimum absolute atomic E-state index is 0.233. The largest absolute Gasteiger partial charge is 0.376 e. The standard InChI is InChI=1S/C20H26N6O2S2/c1-14-4-7-25(8-5-14)19-22-23-20(26(19)11-16-3-2-9-27-16)30-13-17-21-18(24-28-17)15-6-10-29-12-15/h6,10,12,14,16H,2-5,7-9,11,13H2,1H3/t16-/m1/s1. The molecular formula is C20H26N6O2S2. The van der Waals surface area contributed by atoms with Crippen LogP contribution in [0.2, 0.25) is 0 Å². The van der Waals surface area contributed by atoms with E-state index in [0.717, 1.165) is 61.7 Å². The van der Waals surface area contributed by atoms with Crippen LogP contribution in [0.5, 0.6) is 0 Å². The molecule has 10 heteroatoms. The maximum atomic E-state index is 5.90. The number of piperidine rings is 1. The summed E-state index contributed by atoms with van der Waals surface area (Å²) in [4.78, 5) is 6.89. The highest BCUT2D eigenvalue weighted by Crippen LogP contribution is 2.30. The number of aromatic nitrogens is 5. The van der Waals surface area contributed by atoms with Gasteiger partial charge in [0.25, 0.3) is 0 Å². The Morgan fingerprint density at radius 1 is 1.23 bits per heavy atom. The van der Waals surface area contributed by atoms with Crippen LogP contribution in [0.1, 0.15) is 38.5 Å². The average Bonchev–Trinajstić information content (AvgIpc) is 3.55. The molecule has 160 valence electrons. The molecule has 0 radical (unpaired) electrons. The number of hydrogen-bond donors (Lipinski definition) is 0. The summed E-state index contributed by atoms with van der Waals surface area (Å²) in [5.74, 6) is 3.54. The summed E-state index contributed by atoms with van der Waals surface area (Å²) in [5, 5.41) is 18.1. The third-order valence-corrected chi connectivity index (χ3v) is 7.38. The molecule has 2 aliphatic rings. The summed E-state index contributed by atoms with van der Waals surface area (Å²) in [5.41, 5.74) is 0.989. The van der Waals surface area contributed by atoms with Gasteiger partial charge in [0.05, 0.1) is 18.4 Å². The van der Waals surface area contributed by atoms with E-state index in [2.05, 4.69) is 36.7 Å². The molecule has 0 spiro atoms. The van der Waals surface area contributed by atoms with E-state index < -0.39 is 0 Å². The quantitative estimate of drug-likeness (QED) is 0.502. The zero-order valence-corrected chi connectivity index (χ0v) is 18.7. The molecule has 8 nitrogen and oxygen atoms in total. The van der Waals surface area contributed by atoms with E-state index in [9.17, 15) is 0 Å². The van der Waals surface area contributed by atoms with Crippen LogP contribution in [0.15, 0.2) is 26.5 Å². The predicted molar refractivity (Wildman–Crippen MR) is 117 cm³/mol. The zero-order chi connectivity index (χ0) is 20.3. The molecule has 3 aromatic rings. The van der Waals surface area contributed by atoms with Crippen LogP contribution < -0.4 is 4.90 Å². The molecule has 0 aromatic carbocycles. The van der Waals surface area contributed by atoms with Gasteiger partial charge in [0.2, 0.25) is 17.7 Å². The van der Waals surface area contributed by atoms with Crippen molar-refractivity contribution in [1.29, 1.82) is 0 Å². The smallest absolute Gasteiger partial charge is 0.237 e. The maximum absolute atomic E-state index is 5.90. The minimum atomic E-state index is 0.233. The lowest BCUT2D eigenvalue weighted by Gasteiger charge is -2.31. The first-order chi connectivity index (χ1) is 14.8. The van der Waals surface area contributed by atoms with Gasteiger partial charge >= 0.3 is 0 Å². The van der Waals surface area contributed by atoms with Crippen molar-refractivity contribution in [3.8, 4) is 11.4 Å². The molecule has 3 aromatic heterocycles. The van der Waals surface area contributed by atoms with Crippen LogP contribution >= 0.6 is 23.1 Å². The fraction of sp³-hybridized carbons (Fsp3) is 0.600. The number of hydrogen-bond acceptors (Lipinski definition) is 9. The van der Waals surface area contributed by atoms with Crippen molar-refractivity contribution in [3.63, 3.8) is 0 Å². The van der Waals surface area contributed by atoms with Crippen LogP contribution in [0.3, 0.4) is 0 Å². The van der Waals surface area contributed by atoms with Gasteiger partial charge in [-0.2, -0.15) is 16.3 Å². The van der Waals surface area contributed by atoms with Gasteiger partial charge in [-0.1, -0.05) is 23.8 Å². The van der Waals surface area contributed by atoms with Crippen LogP contribution in [0.25, 0.3) is 11.4 Å². The predicted octanol–water partition coefficient (Wildman–Crippen LogP) is 4.10. The first-order valence-electron chi connectivity index (χ1n) is 10.5. The number of ether oxygens (including phenoxy) is 1. The lowest BCUT2D eigenvalue weighted by Crippen LogP contribution is -2.35. The Bertz CT molecular complexity index is 943. The molecule has 0 amide bonds. The molecule has 0 unspecified atom stereocenters. The second-order valence-electron chi connectivity index (χ2n) is 8.01. The molecule has 2 saturated heterocycles. The van der Waals surface area contributed by atoms with E-state index >= 15 is 0 Å². The molecule has 2 fully saturated rings. The topological polar surface area (TPSA) is 82.1 Å². The summed E-state index contributed by atoms with van der Waals surface area (Å²) in [7, 11) is 0. The highest BCUT2D eigenvalue weighted by molar-refractivity contribution is 7.98. The van der Waals surface area contributed by atoms with Gasteiger partial charge in [0.1, 0.15) is 0 Å². The summed E-state index contributed by atoms with van der Waals surface area (Å²) in [6.07, 6.45) is 4.84. The van der Waals surface area contributed by atoms with E-state index in [1.165, 1.54) is 12.8 Å². The van der Waals surface area contributed by atoms with Gasteiger partial charge in [-0.15, -0.1) is 10.2 Å². The van der Waals surface area contributed by atoms with Crippen LogP contribution in [-0.4, -0.2) is 50.7 Å². The first kappa shape index (κ1) is 20.0. The van der Waals surface area contributed by atoms with Gasteiger partial charge in [-0.3, -0.25) is 4.57 Å². The van der Waals surface area contributed by atoms with Crippen LogP contribution in [0, 0.1) is 5.92 Å². The Kier molecular flexibility index (Phi) is 6.05. The van der Waals surface area contributed by atoms with Gasteiger partial charge in [-0.25, -0.2) is 0 Å². The van der Waals surface area contributed by atoms with E-state index in [1.807, 2.05) is 16.8 Å². The third kappa shape index (κ3) is 4.40. The molecule has 5 heterocycles. The molecule has 30 heavy (non-hydrogen) atoms. The fourth-order valence-electron chi connectivity index (χ4n) is 3.93. The number of thiophene rings is 1. The Morgan fingerprint density at radius 2 is 2.13 bits per heavy atom. The monoisotopic (exact) mass is 446 g/mol. The SMILES string of the molecule is CC1CCN(c2nnc(SCc3nc(-c4ccsc4)no3)n2C[C@H]2CCCO2)CC1. The Labute approximate surface area is 184 Å². The van der Waals surface area contributed by atoms with Gasteiger partial charge < -0.3 is 14.2 Å². The fourth-order valence-corrected chi connectivity index (χ4v) is 5.35. The number of anilines is 1. The van der Waals surface area contributed by atoms with Gasteiger partial charge in [0.15, 0.2) is 5.16 Å². The van der Waals surface area contributed by atoms with Crippen LogP contribution in [0.4, 0.5) is 5.95 Å². The molecular weight excluding hydrogens is 420 g/mol. The molecule has 0 bridgehead atoms. The second-order valence-corrected chi connectivity index (χ2v) is 9.73. The average molecular weight is 447 g/mol. The molecule has 2 aliphatic heterocycles. The zero-order valence-electron chi connectivity index (χ0n) is 17.1. The summed E-state index contributed by atoms with van der Waals surface area (Å²) in [6, 6.07) is 2.00. The Hall–Kier alpha value is -1.91. The third-order valence-electron chi connectivity index (χ3n) is 5.75. The number of rotatable bonds is 7. The summed E-state index contributed by atoms with van der Waals surface area (Å²) in [6.45, 7) is 6.02. The Morgan fingerprint density at radius 3 is 2.90 bits per heavy atom. The first-order valence-corrected chi connectivity index (χ1v) is 12.5. The lowest BCUT2D eigenvalue weighted by atomic mass is 10.00. The van der Waals surface area contributed by atoms with Crippen molar-refractivity contribution in [2.24, 2.45) is 5.92 Å². The molecule has 5 rings (SSSR count). The molecule has 0 saturated carbocycles. The van der Waals surface area contributed by atoms with Crippen molar-refractivity contribution < 1.29 is 9.26 Å². The summed E-state index contributed by atoms with van der Waals surface area (Å²) >= 11 is 3.22. The van der Waals surface area contributed by atoms with E-state index in [1.54, 1.807) is 23.1 Å². The summed E-state index contributed by atoms with van der Waals surface area (Å²) < 4.78 is 13.6. The van der Waals surface area contributed by atoms with Crippen molar-refractivity contribution in [3.05, 3.63) is 22.7 Å². The second kappa shape index (κ2) is 9.07. The van der Waals surface area contributed by atoms with Crippen molar-refractivity contribution in [2.75, 3.05) is 24.6 Å². The van der Waals surface area contributed by atoms with Crippen molar-refractivity contribution in [1.82, 2.24) is 24.9 Å². The lowest BCUT2D eigenvalue weighted by molar-refractivity contribution is 0.0951. The van der Waals surface area contributed by atoms with Gasteiger partial charge in [-0.05, 0) is 43.0 Å². The van der Waals surface area contributed by atoms with Crippen molar-refractivity contribution in [2.45, 2.75) is 56.2 Å². The van der Waals surface area contributed by atoms with E-state index in [4.69, 9.17) is 9.26 Å². The van der Waals surface area contributed by atoms with E-state index in [0.29, 0.717) is 17.5 Å². The van der Waals surface area contributed by atoms with Gasteiger partial charge in [0, 0.05) is 30.6 Å². The molecule has 0 N–H and O–H groups in total. The normalized spacial score (nSPS) is 20.3. The minimum Gasteiger partial charge on any atom is -0.376 e. The maximum Gasteiger partial charge on any atom is 0.237 e. The number of thioether (sulfide) groups is 1.